The van der Waals surface area contributed by atoms with E-state index >= 15 is 16.8 Å². The van der Waals surface area contributed by atoms with Crippen molar-refractivity contribution < 1.29 is 21.6 Å². The third kappa shape index (κ3) is 7.23. The zero-order valence-corrected chi connectivity index (χ0v) is 32.4. The van der Waals surface area contributed by atoms with E-state index in [-0.39, 0.29) is 52.7 Å². The average molecular weight is 783 g/mol. The minimum Gasteiger partial charge on any atom is -0.495 e. The minimum atomic E-state index is -4.75. The molecule has 0 aromatic heterocycles. The Hall–Kier alpha value is -3.65. The molecule has 10 nitrogen and oxygen atoms in total. The maximum Gasteiger partial charge on any atom is 0.278 e. The summed E-state index contributed by atoms with van der Waals surface area (Å²) in [6, 6.07) is 25.4. The summed E-state index contributed by atoms with van der Waals surface area (Å²) in [5.74, 6) is 0.520. The summed E-state index contributed by atoms with van der Waals surface area (Å²) in [4.78, 5) is 5.63. The van der Waals surface area contributed by atoms with Crippen LogP contribution in [0.2, 0.25) is 0 Å². The summed E-state index contributed by atoms with van der Waals surface area (Å²) in [5.41, 5.74) is 2.22. The Balaban J connectivity index is 0.00000225. The van der Waals surface area contributed by atoms with Crippen LogP contribution in [0.15, 0.2) is 101 Å². The minimum absolute atomic E-state index is 0. The number of piperazine rings is 1. The molecule has 50 heavy (non-hydrogen) atoms. The van der Waals surface area contributed by atoms with Crippen LogP contribution in [0, 0.1) is 0 Å². The van der Waals surface area contributed by atoms with E-state index in [0.29, 0.717) is 49.8 Å². The molecule has 0 spiro atoms. The van der Waals surface area contributed by atoms with Gasteiger partial charge in [-0.15, -0.1) is 37.2 Å². The molecule has 0 unspecified atom stereocenters. The molecule has 0 amide bonds. The second-order valence-electron chi connectivity index (χ2n) is 11.8. The molecule has 15 heteroatoms. The third-order valence-corrected chi connectivity index (χ3v) is 12.8. The molecule has 1 heterocycles. The molecular weight excluding hydrogens is 741 g/mol. The molecule has 6 rings (SSSR count). The fourth-order valence-electron chi connectivity index (χ4n) is 6.29. The summed E-state index contributed by atoms with van der Waals surface area (Å²) in [6.45, 7) is 2.74. The Bertz CT molecular complexity index is 2080. The number of hydrogen-bond acceptors (Lipinski definition) is 9. The highest BCUT2D eigenvalue weighted by Crippen LogP contribution is 2.41. The number of halogens is 3. The summed E-state index contributed by atoms with van der Waals surface area (Å²) in [5, 5.41) is 5.53. The fraction of sp³-hybridized carbons (Fsp3) is 0.257. The van der Waals surface area contributed by atoms with Crippen LogP contribution in [-0.4, -0.2) is 78.3 Å². The van der Waals surface area contributed by atoms with E-state index in [1.165, 1.54) is 18.2 Å². The lowest BCUT2D eigenvalue weighted by Crippen LogP contribution is -2.44. The first kappa shape index (κ1) is 40.8. The van der Waals surface area contributed by atoms with Crippen LogP contribution < -0.4 is 28.5 Å². The summed E-state index contributed by atoms with van der Waals surface area (Å²) in [6.07, 6.45) is 0. The molecule has 5 aromatic carbocycles. The number of nitrogens with zero attached hydrogens (tertiary/aromatic N) is 4. The van der Waals surface area contributed by atoms with Crippen LogP contribution in [0.3, 0.4) is 0 Å². The van der Waals surface area contributed by atoms with Crippen LogP contribution in [0.5, 0.6) is 5.75 Å². The fourth-order valence-corrected chi connectivity index (χ4v) is 10.4. The van der Waals surface area contributed by atoms with Crippen LogP contribution in [0.1, 0.15) is 0 Å². The average Bonchev–Trinajstić information content (AvgIpc) is 3.07. The number of anilines is 4. The van der Waals surface area contributed by atoms with Crippen LogP contribution >= 0.6 is 37.2 Å². The quantitative estimate of drug-likeness (QED) is 0.182. The molecule has 5 aromatic rings. The molecule has 270 valence electrons. The standard InChI is InChI=1S/C35H39N5O5S2.3ClH/c1-37(2)30-14-6-12-28-26(30)10-8-16-34(28)46(41,42)40(25-18-19-33(45-5)32(24-25)39-22-20-36-21-23-39)47(43,44)35-17-9-11-27-29(35)13-7-15-31(27)38(3)4;;;/h6-19,24,36H,20-23H2,1-5H3;3*1H. The van der Waals surface area contributed by atoms with Gasteiger partial charge in [-0.1, -0.05) is 48.5 Å². The molecule has 0 radical (unpaired) electrons. The third-order valence-electron chi connectivity index (χ3n) is 8.51. The van der Waals surface area contributed by atoms with Gasteiger partial charge in [0.1, 0.15) is 5.75 Å². The van der Waals surface area contributed by atoms with Gasteiger partial charge in [-0.3, -0.25) is 0 Å². The van der Waals surface area contributed by atoms with Crippen molar-refractivity contribution >= 4 is 102 Å². The molecule has 1 aliphatic rings. The summed E-state index contributed by atoms with van der Waals surface area (Å²) < 4.78 is 66.6. The monoisotopic (exact) mass is 781 g/mol. The van der Waals surface area contributed by atoms with Gasteiger partial charge in [0.15, 0.2) is 0 Å². The number of ether oxygens (including phenoxy) is 1. The number of rotatable bonds is 9. The number of methoxy groups -OCH3 is 1. The first-order valence-corrected chi connectivity index (χ1v) is 18.2. The SMILES string of the molecule is COc1ccc(N(S(=O)(=O)c2cccc3c(N(C)C)cccc23)S(=O)(=O)c2cccc3c(N(C)C)cccc23)cc1N1CCNCC1.Cl.Cl.Cl. The number of benzene rings is 5. The van der Waals surface area contributed by atoms with Crippen molar-refractivity contribution in [2.45, 2.75) is 9.79 Å². The second-order valence-corrected chi connectivity index (χ2v) is 15.6. The zero-order chi connectivity index (χ0) is 33.5. The van der Waals surface area contributed by atoms with Crippen molar-refractivity contribution in [2.24, 2.45) is 0 Å². The second kappa shape index (κ2) is 16.1. The first-order chi connectivity index (χ1) is 22.5. The van der Waals surface area contributed by atoms with Crippen molar-refractivity contribution in [1.82, 2.24) is 5.32 Å². The smallest absolute Gasteiger partial charge is 0.278 e. The van der Waals surface area contributed by atoms with Gasteiger partial charge in [-0.05, 0) is 42.5 Å². The predicted molar refractivity (Wildman–Crippen MR) is 213 cm³/mol. The normalized spacial score (nSPS) is 13.1. The maximum absolute atomic E-state index is 15.1. The molecule has 1 fully saturated rings. The molecule has 0 saturated carbocycles. The first-order valence-electron chi connectivity index (χ1n) is 15.3. The van der Waals surface area contributed by atoms with Gasteiger partial charge in [0, 0.05) is 87.3 Å². The highest BCUT2D eigenvalue weighted by Gasteiger charge is 2.39. The van der Waals surface area contributed by atoms with E-state index in [4.69, 9.17) is 4.74 Å². The predicted octanol–water partition coefficient (Wildman–Crippen LogP) is 6.39. The van der Waals surface area contributed by atoms with E-state index in [0.717, 1.165) is 24.5 Å². The molecule has 1 aliphatic heterocycles. The van der Waals surface area contributed by atoms with Crippen molar-refractivity contribution in [3.05, 3.63) is 91.0 Å². The lowest BCUT2D eigenvalue weighted by molar-refractivity contribution is 0.413. The molecule has 0 atom stereocenters. The molecule has 0 aliphatic carbocycles. The Morgan fingerprint density at radius 1 is 0.620 bits per heavy atom. The Morgan fingerprint density at radius 2 is 1.06 bits per heavy atom. The van der Waals surface area contributed by atoms with E-state index in [2.05, 4.69) is 10.2 Å². The van der Waals surface area contributed by atoms with Crippen LogP contribution in [-0.2, 0) is 20.0 Å². The van der Waals surface area contributed by atoms with E-state index < -0.39 is 20.0 Å². The molecule has 0 bridgehead atoms. The summed E-state index contributed by atoms with van der Waals surface area (Å²) >= 11 is 0. The van der Waals surface area contributed by atoms with Gasteiger partial charge >= 0.3 is 0 Å². The number of fused-ring (bicyclic) bond motifs is 2. The van der Waals surface area contributed by atoms with E-state index in [1.54, 1.807) is 55.6 Å². The van der Waals surface area contributed by atoms with Crippen molar-refractivity contribution in [2.75, 3.05) is 79.9 Å². The zero-order valence-electron chi connectivity index (χ0n) is 28.4. The van der Waals surface area contributed by atoms with Crippen LogP contribution in [0.25, 0.3) is 21.5 Å². The molecule has 1 saturated heterocycles. The number of hydrogen-bond donors (Lipinski definition) is 1. The van der Waals surface area contributed by atoms with Crippen molar-refractivity contribution in [3.8, 4) is 5.75 Å². The topological polar surface area (TPSA) is 102 Å². The largest absolute Gasteiger partial charge is 0.495 e. The van der Waals surface area contributed by atoms with Gasteiger partial charge in [-0.25, -0.2) is 0 Å². The lowest BCUT2D eigenvalue weighted by atomic mass is 10.1. The van der Waals surface area contributed by atoms with E-state index in [1.807, 2.05) is 62.3 Å². The van der Waals surface area contributed by atoms with Crippen molar-refractivity contribution in [1.29, 1.82) is 0 Å². The molecule has 1 N–H and O–H groups in total. The van der Waals surface area contributed by atoms with Gasteiger partial charge in [0.2, 0.25) is 0 Å². The lowest BCUT2D eigenvalue weighted by Gasteiger charge is -2.32. The Labute approximate surface area is 313 Å². The van der Waals surface area contributed by atoms with Crippen molar-refractivity contribution in [3.63, 3.8) is 0 Å². The highest BCUT2D eigenvalue weighted by atomic mass is 35.5. The van der Waals surface area contributed by atoms with E-state index in [9.17, 15) is 0 Å². The Kier molecular flexibility index (Phi) is 13.2. The van der Waals surface area contributed by atoms with Gasteiger partial charge in [-0.2, -0.15) is 20.5 Å². The maximum atomic E-state index is 15.1. The van der Waals surface area contributed by atoms with Gasteiger partial charge < -0.3 is 24.8 Å². The number of sulfonamides is 2. The Morgan fingerprint density at radius 3 is 1.50 bits per heavy atom. The number of nitrogens with one attached hydrogen (secondary N) is 1. The van der Waals surface area contributed by atoms with Crippen LogP contribution in [0.4, 0.5) is 22.7 Å². The molecular formula is C35H42Cl3N5O5S2. The van der Waals surface area contributed by atoms with Gasteiger partial charge in [0.25, 0.3) is 20.0 Å². The summed E-state index contributed by atoms with van der Waals surface area (Å²) in [7, 11) is -0.432. The highest BCUT2D eigenvalue weighted by molar-refractivity contribution is 8.10. The van der Waals surface area contributed by atoms with Gasteiger partial charge in [0.05, 0.1) is 28.3 Å².